The highest BCUT2D eigenvalue weighted by atomic mass is 16.5. The van der Waals surface area contributed by atoms with Gasteiger partial charge >= 0.3 is 0 Å². The van der Waals surface area contributed by atoms with E-state index in [1.165, 1.54) is 11.1 Å². The number of hydrogen-bond acceptors (Lipinski definition) is 4. The highest BCUT2D eigenvalue weighted by Crippen LogP contribution is 2.11. The fourth-order valence-corrected chi connectivity index (χ4v) is 2.62. The average molecular weight is 317 g/mol. The van der Waals surface area contributed by atoms with E-state index in [1.54, 1.807) is 6.26 Å². The van der Waals surface area contributed by atoms with Crippen molar-refractivity contribution in [2.45, 2.75) is 39.5 Å². The van der Waals surface area contributed by atoms with Crippen LogP contribution in [0.5, 0.6) is 0 Å². The molecule has 23 heavy (non-hydrogen) atoms. The Kier molecular flexibility index (Phi) is 7.33. The number of aryl methyl sites for hydroxylation is 1. The van der Waals surface area contributed by atoms with Crippen LogP contribution in [0, 0.1) is 6.92 Å². The molecule has 0 aliphatic heterocycles. The fourth-order valence-electron chi connectivity index (χ4n) is 2.62. The van der Waals surface area contributed by atoms with Crippen LogP contribution in [0.2, 0.25) is 0 Å². The molecule has 1 aromatic carbocycles. The molecule has 0 radical (unpaired) electrons. The minimum Gasteiger partial charge on any atom is -0.467 e. The Morgan fingerprint density at radius 1 is 1.22 bits per heavy atom. The Labute approximate surface area is 138 Å². The summed E-state index contributed by atoms with van der Waals surface area (Å²) in [5, 5.41) is 10.2. The number of rotatable bonds is 10. The van der Waals surface area contributed by atoms with Gasteiger partial charge in [-0.3, -0.25) is 4.90 Å². The zero-order chi connectivity index (χ0) is 16.5. The van der Waals surface area contributed by atoms with Gasteiger partial charge in [-0.25, -0.2) is 0 Å². The third-order valence-corrected chi connectivity index (χ3v) is 3.80. The monoisotopic (exact) mass is 317 g/mol. The summed E-state index contributed by atoms with van der Waals surface area (Å²) in [6.07, 6.45) is 2.19. The first kappa shape index (κ1) is 17.7. The average Bonchev–Trinajstić information content (AvgIpc) is 3.03. The minimum atomic E-state index is -0.500. The second-order valence-electron chi connectivity index (χ2n) is 5.91. The van der Waals surface area contributed by atoms with E-state index in [0.29, 0.717) is 19.8 Å². The summed E-state index contributed by atoms with van der Waals surface area (Å²) >= 11 is 0. The number of ether oxygens (including phenoxy) is 1. The van der Waals surface area contributed by atoms with Gasteiger partial charge in [-0.1, -0.05) is 31.2 Å². The van der Waals surface area contributed by atoms with E-state index in [9.17, 15) is 5.11 Å². The van der Waals surface area contributed by atoms with Gasteiger partial charge in [0.25, 0.3) is 0 Å². The molecule has 4 heteroatoms. The topological polar surface area (TPSA) is 45.8 Å². The molecule has 126 valence electrons. The van der Waals surface area contributed by atoms with Crippen LogP contribution in [-0.2, 0) is 17.9 Å². The van der Waals surface area contributed by atoms with E-state index >= 15 is 0 Å². The highest BCUT2D eigenvalue weighted by molar-refractivity contribution is 5.25. The van der Waals surface area contributed by atoms with Gasteiger partial charge in [0.05, 0.1) is 19.0 Å². The molecule has 2 aromatic rings. The van der Waals surface area contributed by atoms with Crippen molar-refractivity contribution in [2.24, 2.45) is 0 Å². The quantitative estimate of drug-likeness (QED) is 0.730. The lowest BCUT2D eigenvalue weighted by Crippen LogP contribution is -2.35. The Morgan fingerprint density at radius 2 is 2.04 bits per heavy atom. The van der Waals surface area contributed by atoms with Crippen LogP contribution in [0.4, 0.5) is 0 Å². The number of aliphatic hydroxyl groups excluding tert-OH is 1. The van der Waals surface area contributed by atoms with Gasteiger partial charge in [-0.05, 0) is 43.1 Å². The number of aliphatic hydroxyl groups is 1. The fraction of sp³-hybridized carbons (Fsp3) is 0.474. The Morgan fingerprint density at radius 3 is 2.74 bits per heavy atom. The standard InChI is InChI=1S/C19H27NO3/c1-3-10-20(12-17-8-5-4-7-16(17)2)13-18(21)14-22-15-19-9-6-11-23-19/h4-9,11,18,21H,3,10,12-15H2,1-2H3. The number of benzene rings is 1. The number of nitrogens with zero attached hydrogens (tertiary/aromatic N) is 1. The van der Waals surface area contributed by atoms with Crippen molar-refractivity contribution in [1.29, 1.82) is 0 Å². The molecule has 1 N–H and O–H groups in total. The van der Waals surface area contributed by atoms with Crippen LogP contribution in [0.25, 0.3) is 0 Å². The molecule has 2 rings (SSSR count). The first-order valence-electron chi connectivity index (χ1n) is 8.24. The zero-order valence-electron chi connectivity index (χ0n) is 14.1. The van der Waals surface area contributed by atoms with Gasteiger partial charge < -0.3 is 14.3 Å². The van der Waals surface area contributed by atoms with E-state index in [4.69, 9.17) is 9.15 Å². The first-order chi connectivity index (χ1) is 11.2. The summed E-state index contributed by atoms with van der Waals surface area (Å²) in [6, 6.07) is 12.1. The second kappa shape index (κ2) is 9.50. The predicted octanol–water partition coefficient (Wildman–Crippen LogP) is 3.38. The lowest BCUT2D eigenvalue weighted by Gasteiger charge is -2.25. The minimum absolute atomic E-state index is 0.314. The van der Waals surface area contributed by atoms with E-state index in [1.807, 2.05) is 12.1 Å². The van der Waals surface area contributed by atoms with Gasteiger partial charge in [0.2, 0.25) is 0 Å². The van der Waals surface area contributed by atoms with Crippen molar-refractivity contribution in [3.8, 4) is 0 Å². The Balaban J connectivity index is 1.79. The summed E-state index contributed by atoms with van der Waals surface area (Å²) in [7, 11) is 0. The van der Waals surface area contributed by atoms with Crippen molar-refractivity contribution >= 4 is 0 Å². The molecule has 1 unspecified atom stereocenters. The van der Waals surface area contributed by atoms with Crippen molar-refractivity contribution in [3.63, 3.8) is 0 Å². The van der Waals surface area contributed by atoms with E-state index in [2.05, 4.69) is 43.0 Å². The summed E-state index contributed by atoms with van der Waals surface area (Å²) in [4.78, 5) is 2.28. The van der Waals surface area contributed by atoms with Gasteiger partial charge in [0.1, 0.15) is 12.4 Å². The van der Waals surface area contributed by atoms with E-state index < -0.39 is 6.10 Å². The van der Waals surface area contributed by atoms with E-state index in [0.717, 1.165) is 25.3 Å². The van der Waals surface area contributed by atoms with Gasteiger partial charge in [-0.15, -0.1) is 0 Å². The lowest BCUT2D eigenvalue weighted by molar-refractivity contribution is 0.00384. The van der Waals surface area contributed by atoms with Crippen molar-refractivity contribution in [2.75, 3.05) is 19.7 Å². The molecule has 4 nitrogen and oxygen atoms in total. The van der Waals surface area contributed by atoms with Gasteiger partial charge in [0.15, 0.2) is 0 Å². The van der Waals surface area contributed by atoms with Crippen molar-refractivity contribution < 1.29 is 14.3 Å². The first-order valence-corrected chi connectivity index (χ1v) is 8.24. The molecular weight excluding hydrogens is 290 g/mol. The second-order valence-corrected chi connectivity index (χ2v) is 5.91. The van der Waals surface area contributed by atoms with Crippen LogP contribution in [0.15, 0.2) is 47.1 Å². The van der Waals surface area contributed by atoms with E-state index in [-0.39, 0.29) is 0 Å². The molecule has 0 saturated heterocycles. The van der Waals surface area contributed by atoms with Crippen LogP contribution in [-0.4, -0.2) is 35.8 Å². The van der Waals surface area contributed by atoms with Gasteiger partial charge in [-0.2, -0.15) is 0 Å². The largest absolute Gasteiger partial charge is 0.467 e. The Bertz CT molecular complexity index is 554. The van der Waals surface area contributed by atoms with Crippen molar-refractivity contribution in [1.82, 2.24) is 4.90 Å². The van der Waals surface area contributed by atoms with Crippen LogP contribution in [0.3, 0.4) is 0 Å². The number of furan rings is 1. The summed E-state index contributed by atoms with van der Waals surface area (Å²) < 4.78 is 10.7. The summed E-state index contributed by atoms with van der Waals surface area (Å²) in [5.41, 5.74) is 2.60. The maximum atomic E-state index is 10.2. The summed E-state index contributed by atoms with van der Waals surface area (Å²) in [6.45, 7) is 7.43. The molecule has 0 spiro atoms. The molecule has 0 bridgehead atoms. The third kappa shape index (κ3) is 6.18. The molecule has 0 aliphatic rings. The van der Waals surface area contributed by atoms with Crippen LogP contribution >= 0.6 is 0 Å². The SMILES string of the molecule is CCCN(Cc1ccccc1C)CC(O)COCc1ccco1. The van der Waals surface area contributed by atoms with Crippen LogP contribution in [0.1, 0.15) is 30.2 Å². The predicted molar refractivity (Wildman–Crippen MR) is 91.1 cm³/mol. The highest BCUT2D eigenvalue weighted by Gasteiger charge is 2.13. The molecule has 0 amide bonds. The van der Waals surface area contributed by atoms with Crippen molar-refractivity contribution in [3.05, 3.63) is 59.5 Å². The molecule has 0 saturated carbocycles. The Hall–Kier alpha value is -1.62. The molecule has 1 heterocycles. The maximum Gasteiger partial charge on any atom is 0.129 e. The molecule has 1 atom stereocenters. The molecule has 0 fully saturated rings. The van der Waals surface area contributed by atoms with Gasteiger partial charge in [0, 0.05) is 13.1 Å². The third-order valence-electron chi connectivity index (χ3n) is 3.80. The maximum absolute atomic E-state index is 10.2. The zero-order valence-corrected chi connectivity index (χ0v) is 14.1. The molecule has 1 aromatic heterocycles. The number of hydrogen-bond donors (Lipinski definition) is 1. The normalized spacial score (nSPS) is 12.7. The molecular formula is C19H27NO3. The summed E-state index contributed by atoms with van der Waals surface area (Å²) in [5.74, 6) is 0.780. The smallest absolute Gasteiger partial charge is 0.129 e. The van der Waals surface area contributed by atoms with Crippen LogP contribution < -0.4 is 0 Å². The molecule has 0 aliphatic carbocycles. The lowest BCUT2D eigenvalue weighted by atomic mass is 10.1.